The van der Waals surface area contributed by atoms with Crippen molar-refractivity contribution in [1.29, 1.82) is 0 Å². The molecule has 0 spiro atoms. The van der Waals surface area contributed by atoms with Crippen molar-refractivity contribution in [1.82, 2.24) is 0 Å². The van der Waals surface area contributed by atoms with E-state index in [4.69, 9.17) is 13.9 Å². The van der Waals surface area contributed by atoms with E-state index in [9.17, 15) is 14.4 Å². The molecule has 164 valence electrons. The first kappa shape index (κ1) is 22.3. The van der Waals surface area contributed by atoms with Gasteiger partial charge in [-0.05, 0) is 45.1 Å². The molecule has 1 aromatic heterocycles. The lowest BCUT2D eigenvalue weighted by molar-refractivity contribution is -0.182. The molecule has 0 bridgehead atoms. The third-order valence-electron chi connectivity index (χ3n) is 6.72. The standard InChI is InChI=1S/C24H32O6/c1-12(2)10-17(25)29-16-9-8-15(6)24(7)19(16)20(26)21-18(14(5)11-28-21)22(24)30-23(27)13(3)4/h10-11,13,15-16,19,22H,8-9H2,1-7H3/t15-,16-,19+,22+,24-/m0/s1. The molecule has 0 N–H and O–H groups in total. The molecule has 0 saturated heterocycles. The highest BCUT2D eigenvalue weighted by molar-refractivity contribution is 6.00. The minimum Gasteiger partial charge on any atom is -0.460 e. The van der Waals surface area contributed by atoms with E-state index in [-0.39, 0.29) is 29.3 Å². The number of ketones is 1. The van der Waals surface area contributed by atoms with Gasteiger partial charge in [0.1, 0.15) is 12.2 Å². The number of fused-ring (bicyclic) bond motifs is 2. The minimum atomic E-state index is -0.711. The van der Waals surface area contributed by atoms with Gasteiger partial charge in [-0.25, -0.2) is 4.79 Å². The van der Waals surface area contributed by atoms with Gasteiger partial charge >= 0.3 is 11.9 Å². The van der Waals surface area contributed by atoms with E-state index in [1.807, 2.05) is 27.7 Å². The smallest absolute Gasteiger partial charge is 0.330 e. The highest BCUT2D eigenvalue weighted by Crippen LogP contribution is 2.60. The molecule has 0 radical (unpaired) electrons. The number of esters is 2. The Bertz CT molecular complexity index is 888. The van der Waals surface area contributed by atoms with Gasteiger partial charge in [-0.1, -0.05) is 33.3 Å². The first-order chi connectivity index (χ1) is 14.0. The molecule has 5 atom stereocenters. The SMILES string of the molecule is CC(C)=CC(=O)O[C@H]1CC[C@H](C)[C@]2(C)[C@H](OC(=O)C(C)C)c3c(C)coc3C(=O)[C@@H]12. The fraction of sp³-hybridized carbons (Fsp3) is 0.625. The van der Waals surface area contributed by atoms with Crippen LogP contribution in [0.5, 0.6) is 0 Å². The Hall–Kier alpha value is -2.37. The fourth-order valence-corrected chi connectivity index (χ4v) is 4.88. The first-order valence-corrected chi connectivity index (χ1v) is 10.7. The average Bonchev–Trinajstić information content (AvgIpc) is 3.02. The molecular formula is C24H32O6. The lowest BCUT2D eigenvalue weighted by Crippen LogP contribution is -2.56. The number of Topliss-reactive ketones (excluding diaryl/α,β-unsaturated/α-hetero) is 1. The van der Waals surface area contributed by atoms with Gasteiger partial charge in [0, 0.05) is 17.1 Å². The van der Waals surface area contributed by atoms with Crippen LogP contribution in [0.25, 0.3) is 0 Å². The molecule has 0 aliphatic heterocycles. The van der Waals surface area contributed by atoms with Crippen molar-refractivity contribution in [2.75, 3.05) is 0 Å². The third-order valence-corrected chi connectivity index (χ3v) is 6.72. The Balaban J connectivity index is 2.10. The van der Waals surface area contributed by atoms with Crippen LogP contribution in [0, 0.1) is 30.1 Å². The van der Waals surface area contributed by atoms with E-state index < -0.39 is 29.5 Å². The van der Waals surface area contributed by atoms with E-state index in [1.54, 1.807) is 13.8 Å². The van der Waals surface area contributed by atoms with Crippen LogP contribution in [0.15, 0.2) is 22.3 Å². The van der Waals surface area contributed by atoms with Crippen LogP contribution < -0.4 is 0 Å². The van der Waals surface area contributed by atoms with Crippen LogP contribution in [0.2, 0.25) is 0 Å². The number of allylic oxidation sites excluding steroid dienone is 1. The van der Waals surface area contributed by atoms with Crippen LogP contribution >= 0.6 is 0 Å². The lowest BCUT2D eigenvalue weighted by Gasteiger charge is -2.53. The maximum Gasteiger partial charge on any atom is 0.330 e. The summed E-state index contributed by atoms with van der Waals surface area (Å²) in [6, 6.07) is 0. The second-order valence-electron chi connectivity index (χ2n) is 9.52. The Labute approximate surface area is 178 Å². The Kier molecular flexibility index (Phi) is 5.99. The van der Waals surface area contributed by atoms with Crippen molar-refractivity contribution in [2.24, 2.45) is 23.2 Å². The molecule has 2 aliphatic carbocycles. The molecule has 30 heavy (non-hydrogen) atoms. The zero-order valence-corrected chi connectivity index (χ0v) is 18.9. The Morgan fingerprint density at radius 3 is 2.50 bits per heavy atom. The van der Waals surface area contributed by atoms with E-state index >= 15 is 0 Å². The zero-order chi connectivity index (χ0) is 22.4. The summed E-state index contributed by atoms with van der Waals surface area (Å²) >= 11 is 0. The van der Waals surface area contributed by atoms with Gasteiger partial charge in [-0.3, -0.25) is 9.59 Å². The van der Waals surface area contributed by atoms with Gasteiger partial charge < -0.3 is 13.9 Å². The Morgan fingerprint density at radius 1 is 1.23 bits per heavy atom. The van der Waals surface area contributed by atoms with E-state index in [1.165, 1.54) is 12.3 Å². The van der Waals surface area contributed by atoms with Gasteiger partial charge in [-0.15, -0.1) is 0 Å². The molecule has 1 heterocycles. The molecule has 0 unspecified atom stereocenters. The number of aryl methyl sites for hydroxylation is 1. The normalized spacial score (nSPS) is 30.3. The monoisotopic (exact) mass is 416 g/mol. The summed E-state index contributed by atoms with van der Waals surface area (Å²) in [6.45, 7) is 13.1. The van der Waals surface area contributed by atoms with Crippen LogP contribution in [0.3, 0.4) is 0 Å². The van der Waals surface area contributed by atoms with Crippen molar-refractivity contribution >= 4 is 17.7 Å². The van der Waals surface area contributed by atoms with Crippen molar-refractivity contribution < 1.29 is 28.3 Å². The minimum absolute atomic E-state index is 0.0808. The zero-order valence-electron chi connectivity index (χ0n) is 18.9. The maximum absolute atomic E-state index is 13.6. The van der Waals surface area contributed by atoms with Crippen molar-refractivity contribution in [3.05, 3.63) is 34.8 Å². The molecule has 1 aromatic rings. The van der Waals surface area contributed by atoms with Gasteiger partial charge in [0.05, 0.1) is 18.1 Å². The predicted octanol–water partition coefficient (Wildman–Crippen LogP) is 4.96. The molecule has 0 aromatic carbocycles. The molecule has 6 heteroatoms. The fourth-order valence-electron chi connectivity index (χ4n) is 4.88. The van der Waals surface area contributed by atoms with E-state index in [0.717, 1.165) is 17.6 Å². The van der Waals surface area contributed by atoms with Gasteiger partial charge in [-0.2, -0.15) is 0 Å². The highest BCUT2D eigenvalue weighted by Gasteiger charge is 2.62. The first-order valence-electron chi connectivity index (χ1n) is 10.7. The third kappa shape index (κ3) is 3.61. The number of carbonyl (C=O) groups excluding carboxylic acids is 3. The summed E-state index contributed by atoms with van der Waals surface area (Å²) in [7, 11) is 0. The lowest BCUT2D eigenvalue weighted by atomic mass is 9.53. The number of furan rings is 1. The van der Waals surface area contributed by atoms with Crippen molar-refractivity contribution in [3.63, 3.8) is 0 Å². The maximum atomic E-state index is 13.6. The molecule has 6 nitrogen and oxygen atoms in total. The van der Waals surface area contributed by atoms with Crippen molar-refractivity contribution in [3.8, 4) is 0 Å². The van der Waals surface area contributed by atoms with Gasteiger partial charge in [0.25, 0.3) is 0 Å². The summed E-state index contributed by atoms with van der Waals surface area (Å²) in [5, 5.41) is 0. The number of rotatable bonds is 4. The summed E-state index contributed by atoms with van der Waals surface area (Å²) in [4.78, 5) is 38.5. The molecule has 3 rings (SSSR count). The quantitative estimate of drug-likeness (QED) is 0.510. The molecular weight excluding hydrogens is 384 g/mol. The van der Waals surface area contributed by atoms with Crippen LogP contribution in [-0.2, 0) is 19.1 Å². The van der Waals surface area contributed by atoms with E-state index in [2.05, 4.69) is 6.92 Å². The highest BCUT2D eigenvalue weighted by atomic mass is 16.6. The van der Waals surface area contributed by atoms with E-state index in [0.29, 0.717) is 12.0 Å². The number of hydrogen-bond donors (Lipinski definition) is 0. The number of hydrogen-bond acceptors (Lipinski definition) is 6. The second-order valence-corrected chi connectivity index (χ2v) is 9.52. The number of ether oxygens (including phenoxy) is 2. The van der Waals surface area contributed by atoms with Crippen molar-refractivity contribution in [2.45, 2.75) is 73.5 Å². The van der Waals surface area contributed by atoms with Crippen LogP contribution in [0.4, 0.5) is 0 Å². The largest absolute Gasteiger partial charge is 0.460 e. The Morgan fingerprint density at radius 2 is 1.90 bits per heavy atom. The average molecular weight is 417 g/mol. The van der Waals surface area contributed by atoms with Gasteiger partial charge in [0.15, 0.2) is 5.76 Å². The summed E-state index contributed by atoms with van der Waals surface area (Å²) in [5.41, 5.74) is 1.55. The van der Waals surface area contributed by atoms with Gasteiger partial charge in [0.2, 0.25) is 5.78 Å². The summed E-state index contributed by atoms with van der Waals surface area (Å²) < 4.78 is 17.4. The molecule has 1 saturated carbocycles. The topological polar surface area (TPSA) is 82.8 Å². The molecule has 2 aliphatic rings. The van der Waals surface area contributed by atoms with Crippen LogP contribution in [0.1, 0.15) is 82.2 Å². The molecule has 1 fully saturated rings. The molecule has 0 amide bonds. The van der Waals surface area contributed by atoms with Crippen LogP contribution in [-0.4, -0.2) is 23.8 Å². The summed E-state index contributed by atoms with van der Waals surface area (Å²) in [5.74, 6) is -1.60. The second kappa shape index (κ2) is 8.05. The number of carbonyl (C=O) groups is 3. The predicted molar refractivity (Wildman–Crippen MR) is 111 cm³/mol. The summed E-state index contributed by atoms with van der Waals surface area (Å²) in [6.07, 6.45) is 3.07.